The van der Waals surface area contributed by atoms with Crippen LogP contribution in [0.4, 0.5) is 0 Å². The molecule has 0 saturated carbocycles. The summed E-state index contributed by atoms with van der Waals surface area (Å²) >= 11 is 9.22. The van der Waals surface area contributed by atoms with Crippen LogP contribution in [0.15, 0.2) is 53.0 Å². The Bertz CT molecular complexity index is 604. The van der Waals surface area contributed by atoms with E-state index < -0.39 is 6.04 Å². The number of hydrogen-bond acceptors (Lipinski definition) is 2. The molecule has 3 nitrogen and oxygen atoms in total. The van der Waals surface area contributed by atoms with E-state index in [1.165, 1.54) is 0 Å². The summed E-state index contributed by atoms with van der Waals surface area (Å²) in [5, 5.41) is 12.7. The number of halogens is 2. The minimum absolute atomic E-state index is 0.173. The van der Waals surface area contributed by atoms with E-state index in [0.29, 0.717) is 15.1 Å². The molecule has 1 amide bonds. The number of amides is 1. The van der Waals surface area contributed by atoms with Crippen molar-refractivity contribution >= 4 is 33.4 Å². The zero-order valence-electron chi connectivity index (χ0n) is 10.5. The Balaban J connectivity index is 2.20. The van der Waals surface area contributed by atoms with Gasteiger partial charge >= 0.3 is 0 Å². The van der Waals surface area contributed by atoms with Crippen molar-refractivity contribution < 1.29 is 9.90 Å². The van der Waals surface area contributed by atoms with Crippen molar-refractivity contribution in [2.45, 2.75) is 6.04 Å². The number of carbonyl (C=O) groups excluding carboxylic acids is 1. The second-order valence-corrected chi connectivity index (χ2v) is 5.53. The molecule has 0 fully saturated rings. The average molecular weight is 355 g/mol. The Morgan fingerprint density at radius 1 is 1.25 bits per heavy atom. The summed E-state index contributed by atoms with van der Waals surface area (Å²) in [5.41, 5.74) is 1.29. The SMILES string of the molecule is O=C(N[C@@H](CO)c1ccccc1)c1cc(Cl)ccc1Br. The molecule has 104 valence electrons. The molecule has 20 heavy (non-hydrogen) atoms. The maximum atomic E-state index is 12.2. The lowest BCUT2D eigenvalue weighted by molar-refractivity contribution is 0.0915. The molecule has 0 heterocycles. The molecule has 0 radical (unpaired) electrons. The van der Waals surface area contributed by atoms with Gasteiger partial charge in [-0.05, 0) is 39.7 Å². The average Bonchev–Trinajstić information content (AvgIpc) is 2.48. The fourth-order valence-corrected chi connectivity index (χ4v) is 2.43. The summed E-state index contributed by atoms with van der Waals surface area (Å²) in [5.74, 6) is -0.290. The summed E-state index contributed by atoms with van der Waals surface area (Å²) in [6, 6.07) is 13.9. The van der Waals surface area contributed by atoms with Crippen molar-refractivity contribution in [1.29, 1.82) is 0 Å². The van der Waals surface area contributed by atoms with Gasteiger partial charge in [0.05, 0.1) is 18.2 Å². The van der Waals surface area contributed by atoms with Gasteiger partial charge in [0.25, 0.3) is 5.91 Å². The number of aliphatic hydroxyl groups is 1. The fourth-order valence-electron chi connectivity index (χ4n) is 1.83. The first-order valence-electron chi connectivity index (χ1n) is 6.03. The zero-order chi connectivity index (χ0) is 14.5. The summed E-state index contributed by atoms with van der Waals surface area (Å²) < 4.78 is 0.657. The second kappa shape index (κ2) is 6.88. The van der Waals surface area contributed by atoms with Crippen LogP contribution in [0.3, 0.4) is 0 Å². The number of rotatable bonds is 4. The summed E-state index contributed by atoms with van der Waals surface area (Å²) in [4.78, 5) is 12.2. The van der Waals surface area contributed by atoms with Crippen LogP contribution in [0.5, 0.6) is 0 Å². The predicted octanol–water partition coefficient (Wildman–Crippen LogP) is 3.57. The third kappa shape index (κ3) is 3.60. The lowest BCUT2D eigenvalue weighted by atomic mass is 10.1. The van der Waals surface area contributed by atoms with Crippen LogP contribution in [0.1, 0.15) is 22.0 Å². The van der Waals surface area contributed by atoms with Crippen molar-refractivity contribution in [3.63, 3.8) is 0 Å². The highest BCUT2D eigenvalue weighted by atomic mass is 79.9. The van der Waals surface area contributed by atoms with Gasteiger partial charge in [-0.15, -0.1) is 0 Å². The summed E-state index contributed by atoms with van der Waals surface area (Å²) in [7, 11) is 0. The van der Waals surface area contributed by atoms with E-state index in [1.54, 1.807) is 18.2 Å². The van der Waals surface area contributed by atoms with Gasteiger partial charge in [0.2, 0.25) is 0 Å². The molecule has 2 aromatic carbocycles. The standard InChI is InChI=1S/C15H13BrClNO2/c16-13-7-6-11(17)8-12(13)15(20)18-14(9-19)10-4-2-1-3-5-10/h1-8,14,19H,9H2,(H,18,20)/t14-/m0/s1. The molecule has 0 bridgehead atoms. The zero-order valence-corrected chi connectivity index (χ0v) is 12.9. The first kappa shape index (κ1) is 15.0. The molecule has 0 aliphatic heterocycles. The molecule has 2 aromatic rings. The van der Waals surface area contributed by atoms with Crippen molar-refractivity contribution in [3.8, 4) is 0 Å². The molecular formula is C15H13BrClNO2. The molecule has 0 aromatic heterocycles. The Morgan fingerprint density at radius 3 is 2.60 bits per heavy atom. The van der Waals surface area contributed by atoms with Crippen molar-refractivity contribution in [2.75, 3.05) is 6.61 Å². The van der Waals surface area contributed by atoms with Gasteiger partial charge in [-0.25, -0.2) is 0 Å². The van der Waals surface area contributed by atoms with Crippen LogP contribution < -0.4 is 5.32 Å². The van der Waals surface area contributed by atoms with Gasteiger partial charge in [-0.2, -0.15) is 0 Å². The highest BCUT2D eigenvalue weighted by Crippen LogP contribution is 2.22. The van der Waals surface area contributed by atoms with E-state index in [0.717, 1.165) is 5.56 Å². The third-order valence-electron chi connectivity index (χ3n) is 2.86. The molecule has 0 unspecified atom stereocenters. The first-order valence-corrected chi connectivity index (χ1v) is 7.20. The normalized spacial score (nSPS) is 11.9. The van der Waals surface area contributed by atoms with Gasteiger partial charge in [0.15, 0.2) is 0 Å². The monoisotopic (exact) mass is 353 g/mol. The van der Waals surface area contributed by atoms with Gasteiger partial charge < -0.3 is 10.4 Å². The molecule has 2 N–H and O–H groups in total. The minimum Gasteiger partial charge on any atom is -0.394 e. The van der Waals surface area contributed by atoms with Crippen LogP contribution in [-0.2, 0) is 0 Å². The molecule has 0 saturated heterocycles. The summed E-state index contributed by atoms with van der Waals surface area (Å²) in [6.45, 7) is -0.173. The van der Waals surface area contributed by atoms with Gasteiger partial charge in [0, 0.05) is 9.50 Å². The van der Waals surface area contributed by atoms with Gasteiger partial charge in [0.1, 0.15) is 0 Å². The van der Waals surface area contributed by atoms with Crippen molar-refractivity contribution in [2.24, 2.45) is 0 Å². The smallest absolute Gasteiger partial charge is 0.253 e. The fraction of sp³-hybridized carbons (Fsp3) is 0.133. The number of hydrogen-bond donors (Lipinski definition) is 2. The van der Waals surface area contributed by atoms with Crippen molar-refractivity contribution in [3.05, 3.63) is 69.2 Å². The Morgan fingerprint density at radius 2 is 1.95 bits per heavy atom. The lowest BCUT2D eigenvalue weighted by Gasteiger charge is -2.17. The minimum atomic E-state index is -0.449. The van der Waals surface area contributed by atoms with Gasteiger partial charge in [-0.3, -0.25) is 4.79 Å². The van der Waals surface area contributed by atoms with E-state index >= 15 is 0 Å². The molecule has 0 spiro atoms. The predicted molar refractivity (Wildman–Crippen MR) is 82.9 cm³/mol. The van der Waals surface area contributed by atoms with Gasteiger partial charge in [-0.1, -0.05) is 41.9 Å². The lowest BCUT2D eigenvalue weighted by Crippen LogP contribution is -2.31. The highest BCUT2D eigenvalue weighted by Gasteiger charge is 2.16. The highest BCUT2D eigenvalue weighted by molar-refractivity contribution is 9.10. The quantitative estimate of drug-likeness (QED) is 0.882. The summed E-state index contributed by atoms with van der Waals surface area (Å²) in [6.07, 6.45) is 0. The third-order valence-corrected chi connectivity index (χ3v) is 3.79. The largest absolute Gasteiger partial charge is 0.394 e. The number of carbonyl (C=O) groups is 1. The maximum absolute atomic E-state index is 12.2. The van der Waals surface area contributed by atoms with E-state index in [2.05, 4.69) is 21.2 Å². The topological polar surface area (TPSA) is 49.3 Å². The van der Waals surface area contributed by atoms with E-state index in [1.807, 2.05) is 30.3 Å². The number of aliphatic hydroxyl groups excluding tert-OH is 1. The molecule has 2 rings (SSSR count). The molecule has 0 aliphatic carbocycles. The van der Waals surface area contributed by atoms with Crippen LogP contribution in [0.2, 0.25) is 5.02 Å². The second-order valence-electron chi connectivity index (χ2n) is 4.24. The molecule has 5 heteroatoms. The maximum Gasteiger partial charge on any atom is 0.253 e. The Hall–Kier alpha value is -1.36. The molecule has 1 atom stereocenters. The van der Waals surface area contributed by atoms with Crippen LogP contribution >= 0.6 is 27.5 Å². The molecule has 0 aliphatic rings. The Kier molecular flexibility index (Phi) is 5.17. The van der Waals surface area contributed by atoms with E-state index in [9.17, 15) is 9.90 Å². The number of nitrogens with one attached hydrogen (secondary N) is 1. The van der Waals surface area contributed by atoms with Crippen LogP contribution in [-0.4, -0.2) is 17.6 Å². The number of benzene rings is 2. The first-order chi connectivity index (χ1) is 9.61. The molecular weight excluding hydrogens is 342 g/mol. The van der Waals surface area contributed by atoms with E-state index in [4.69, 9.17) is 11.6 Å². The van der Waals surface area contributed by atoms with E-state index in [-0.39, 0.29) is 12.5 Å². The van der Waals surface area contributed by atoms with Crippen LogP contribution in [0.25, 0.3) is 0 Å². The van der Waals surface area contributed by atoms with Crippen molar-refractivity contribution in [1.82, 2.24) is 5.32 Å². The Labute approximate surface area is 130 Å². The van der Waals surface area contributed by atoms with Crippen LogP contribution in [0, 0.1) is 0 Å².